The van der Waals surface area contributed by atoms with Crippen molar-refractivity contribution in [3.8, 4) is 0 Å². The number of rotatable bonds is 6. The number of carbonyl (C=O) groups excluding carboxylic acids is 2. The Bertz CT molecular complexity index is 441. The molecule has 0 radical (unpaired) electrons. The predicted octanol–water partition coefficient (Wildman–Crippen LogP) is 1.58. The van der Waals surface area contributed by atoms with Gasteiger partial charge in [-0.25, -0.2) is 0 Å². The van der Waals surface area contributed by atoms with Crippen molar-refractivity contribution in [2.24, 2.45) is 11.8 Å². The second-order valence-corrected chi connectivity index (χ2v) is 5.04. The van der Waals surface area contributed by atoms with Gasteiger partial charge in [-0.2, -0.15) is 0 Å². The maximum atomic E-state index is 11.7. The van der Waals surface area contributed by atoms with E-state index in [0.29, 0.717) is 24.6 Å². The van der Waals surface area contributed by atoms with E-state index in [1.165, 1.54) is 12.8 Å². The van der Waals surface area contributed by atoms with Crippen LogP contribution in [0.3, 0.4) is 0 Å². The largest absolute Gasteiger partial charge is 0.354 e. The summed E-state index contributed by atoms with van der Waals surface area (Å²) in [6.07, 6.45) is 2.33. The smallest absolute Gasteiger partial charge is 0.251 e. The van der Waals surface area contributed by atoms with Gasteiger partial charge in [0.15, 0.2) is 0 Å². The first-order chi connectivity index (χ1) is 9.18. The molecule has 1 saturated carbocycles. The second-order valence-electron chi connectivity index (χ2n) is 5.04. The van der Waals surface area contributed by atoms with Gasteiger partial charge < -0.3 is 10.6 Å². The van der Waals surface area contributed by atoms with E-state index in [9.17, 15) is 9.59 Å². The molecule has 1 unspecified atom stereocenters. The third-order valence-electron chi connectivity index (χ3n) is 3.49. The minimum atomic E-state index is -0.106. The summed E-state index contributed by atoms with van der Waals surface area (Å²) in [5.74, 6) is 0.658. The molecule has 0 aromatic heterocycles. The summed E-state index contributed by atoms with van der Waals surface area (Å²) < 4.78 is 0. The van der Waals surface area contributed by atoms with E-state index in [1.807, 2.05) is 25.1 Å². The normalized spacial score (nSPS) is 15.6. The first-order valence-electron chi connectivity index (χ1n) is 6.79. The molecule has 4 heteroatoms. The summed E-state index contributed by atoms with van der Waals surface area (Å²) in [4.78, 5) is 23.4. The quantitative estimate of drug-likeness (QED) is 0.763. The first kappa shape index (κ1) is 13.6. The molecular formula is C15H20N2O2. The van der Waals surface area contributed by atoms with Crippen LogP contribution in [-0.2, 0) is 4.79 Å². The molecule has 0 saturated heterocycles. The van der Waals surface area contributed by atoms with Gasteiger partial charge in [-0.3, -0.25) is 9.59 Å². The molecule has 4 nitrogen and oxygen atoms in total. The Labute approximate surface area is 113 Å². The number of benzene rings is 1. The summed E-state index contributed by atoms with van der Waals surface area (Å²) in [5.41, 5.74) is 0.639. The Morgan fingerprint density at radius 1 is 1.16 bits per heavy atom. The highest BCUT2D eigenvalue weighted by Crippen LogP contribution is 2.36. The number of hydrogen-bond acceptors (Lipinski definition) is 2. The Balaban J connectivity index is 1.64. The summed E-state index contributed by atoms with van der Waals surface area (Å²) in [7, 11) is 0. The molecule has 1 fully saturated rings. The molecule has 19 heavy (non-hydrogen) atoms. The number of nitrogens with one attached hydrogen (secondary N) is 2. The summed E-state index contributed by atoms with van der Waals surface area (Å²) in [5, 5.41) is 5.64. The van der Waals surface area contributed by atoms with Crippen molar-refractivity contribution in [3.05, 3.63) is 35.9 Å². The molecule has 102 valence electrons. The molecule has 2 amide bonds. The minimum Gasteiger partial charge on any atom is -0.354 e. The van der Waals surface area contributed by atoms with Crippen molar-refractivity contribution in [2.45, 2.75) is 19.8 Å². The van der Waals surface area contributed by atoms with Gasteiger partial charge in [-0.1, -0.05) is 25.1 Å². The molecule has 1 atom stereocenters. The Hall–Kier alpha value is -1.84. The van der Waals surface area contributed by atoms with Gasteiger partial charge in [0.2, 0.25) is 5.91 Å². The maximum Gasteiger partial charge on any atom is 0.251 e. The number of carbonyl (C=O) groups is 2. The lowest BCUT2D eigenvalue weighted by Crippen LogP contribution is -2.37. The van der Waals surface area contributed by atoms with Crippen molar-refractivity contribution in [3.63, 3.8) is 0 Å². The molecule has 0 heterocycles. The molecule has 1 aliphatic rings. The van der Waals surface area contributed by atoms with Crippen molar-refractivity contribution in [1.29, 1.82) is 0 Å². The highest BCUT2D eigenvalue weighted by Gasteiger charge is 2.32. The minimum absolute atomic E-state index is 0.0939. The van der Waals surface area contributed by atoms with Crippen LogP contribution in [0.2, 0.25) is 0 Å². The molecule has 1 aromatic carbocycles. The van der Waals surface area contributed by atoms with E-state index in [0.717, 1.165) is 0 Å². The average Bonchev–Trinajstić information content (AvgIpc) is 3.27. The molecule has 0 bridgehead atoms. The highest BCUT2D eigenvalue weighted by molar-refractivity contribution is 5.94. The lowest BCUT2D eigenvalue weighted by atomic mass is 10.1. The highest BCUT2D eigenvalue weighted by atomic mass is 16.2. The van der Waals surface area contributed by atoms with E-state index in [2.05, 4.69) is 10.6 Å². The zero-order valence-corrected chi connectivity index (χ0v) is 11.2. The zero-order valence-electron chi connectivity index (χ0n) is 11.2. The van der Waals surface area contributed by atoms with E-state index in [1.54, 1.807) is 12.1 Å². The molecule has 1 aliphatic carbocycles. The van der Waals surface area contributed by atoms with Gasteiger partial charge in [-0.15, -0.1) is 0 Å². The third kappa shape index (κ3) is 4.09. The van der Waals surface area contributed by atoms with Crippen molar-refractivity contribution in [2.75, 3.05) is 13.1 Å². The van der Waals surface area contributed by atoms with Crippen LogP contribution in [0, 0.1) is 11.8 Å². The van der Waals surface area contributed by atoms with Crippen molar-refractivity contribution in [1.82, 2.24) is 10.6 Å². The topological polar surface area (TPSA) is 58.2 Å². The predicted molar refractivity (Wildman–Crippen MR) is 73.7 cm³/mol. The van der Waals surface area contributed by atoms with E-state index < -0.39 is 0 Å². The van der Waals surface area contributed by atoms with Crippen molar-refractivity contribution >= 4 is 11.8 Å². The summed E-state index contributed by atoms with van der Waals surface area (Å²) in [6, 6.07) is 9.06. The maximum absolute atomic E-state index is 11.7. The van der Waals surface area contributed by atoms with Gasteiger partial charge in [0.05, 0.1) is 0 Å². The Morgan fingerprint density at radius 2 is 1.79 bits per heavy atom. The Morgan fingerprint density at radius 3 is 2.42 bits per heavy atom. The lowest BCUT2D eigenvalue weighted by Gasteiger charge is -2.11. The standard InChI is InChI=1S/C15H20N2O2/c1-11(12-7-8-12)14(18)16-9-10-17-15(19)13-5-3-2-4-6-13/h2-6,11-12H,7-10H2,1H3,(H,16,18)(H,17,19). The average molecular weight is 260 g/mol. The van der Waals surface area contributed by atoms with Crippen LogP contribution in [0.25, 0.3) is 0 Å². The van der Waals surface area contributed by atoms with Crippen LogP contribution in [0.15, 0.2) is 30.3 Å². The fourth-order valence-electron chi connectivity index (χ4n) is 2.02. The molecule has 2 rings (SSSR count). The third-order valence-corrected chi connectivity index (χ3v) is 3.49. The molecule has 2 N–H and O–H groups in total. The number of amides is 2. The second kappa shape index (κ2) is 6.36. The zero-order chi connectivity index (χ0) is 13.7. The Kier molecular flexibility index (Phi) is 4.55. The lowest BCUT2D eigenvalue weighted by molar-refractivity contribution is -0.125. The number of hydrogen-bond donors (Lipinski definition) is 2. The van der Waals surface area contributed by atoms with Gasteiger partial charge in [0.1, 0.15) is 0 Å². The van der Waals surface area contributed by atoms with Crippen LogP contribution >= 0.6 is 0 Å². The van der Waals surface area contributed by atoms with Gasteiger partial charge in [0.25, 0.3) is 5.91 Å². The first-order valence-corrected chi connectivity index (χ1v) is 6.79. The van der Waals surface area contributed by atoms with Crippen LogP contribution in [0.1, 0.15) is 30.1 Å². The molecular weight excluding hydrogens is 240 g/mol. The summed E-state index contributed by atoms with van der Waals surface area (Å²) in [6.45, 7) is 2.90. The van der Waals surface area contributed by atoms with Gasteiger partial charge in [0, 0.05) is 24.6 Å². The van der Waals surface area contributed by atoms with Crippen LogP contribution in [-0.4, -0.2) is 24.9 Å². The van der Waals surface area contributed by atoms with Crippen molar-refractivity contribution < 1.29 is 9.59 Å². The monoisotopic (exact) mass is 260 g/mol. The van der Waals surface area contributed by atoms with E-state index >= 15 is 0 Å². The molecule has 0 spiro atoms. The molecule has 1 aromatic rings. The van der Waals surface area contributed by atoms with Crippen LogP contribution in [0.5, 0.6) is 0 Å². The van der Waals surface area contributed by atoms with Crippen LogP contribution in [0.4, 0.5) is 0 Å². The SMILES string of the molecule is CC(C(=O)NCCNC(=O)c1ccccc1)C1CC1. The van der Waals surface area contributed by atoms with Crippen LogP contribution < -0.4 is 10.6 Å². The fraction of sp³-hybridized carbons (Fsp3) is 0.467. The van der Waals surface area contributed by atoms with Gasteiger partial charge >= 0.3 is 0 Å². The van der Waals surface area contributed by atoms with Gasteiger partial charge in [-0.05, 0) is 30.9 Å². The summed E-state index contributed by atoms with van der Waals surface area (Å²) >= 11 is 0. The fourth-order valence-corrected chi connectivity index (χ4v) is 2.02. The van der Waals surface area contributed by atoms with E-state index in [4.69, 9.17) is 0 Å². The van der Waals surface area contributed by atoms with E-state index in [-0.39, 0.29) is 17.7 Å². The molecule has 0 aliphatic heterocycles.